The second kappa shape index (κ2) is 6.37. The van der Waals surface area contributed by atoms with Gasteiger partial charge < -0.3 is 4.74 Å². The van der Waals surface area contributed by atoms with Gasteiger partial charge in [0.1, 0.15) is 11.6 Å². The first kappa shape index (κ1) is 15.0. The fourth-order valence-electron chi connectivity index (χ4n) is 1.81. The molecule has 0 spiro atoms. The lowest BCUT2D eigenvalue weighted by Gasteiger charge is -2.11. The van der Waals surface area contributed by atoms with E-state index in [4.69, 9.17) is 16.3 Å². The van der Waals surface area contributed by atoms with Gasteiger partial charge in [0.15, 0.2) is 0 Å². The van der Waals surface area contributed by atoms with Gasteiger partial charge in [0.2, 0.25) is 5.78 Å². The summed E-state index contributed by atoms with van der Waals surface area (Å²) in [5.74, 6) is -0.747. The van der Waals surface area contributed by atoms with Gasteiger partial charge in [-0.15, -0.1) is 0 Å². The number of rotatable bonds is 4. The zero-order valence-electron chi connectivity index (χ0n) is 10.6. The topological polar surface area (TPSA) is 26.3 Å². The van der Waals surface area contributed by atoms with E-state index in [1.165, 1.54) is 18.2 Å². The predicted molar refractivity (Wildman–Crippen MR) is 80.2 cm³/mol. The van der Waals surface area contributed by atoms with Crippen molar-refractivity contribution in [3.05, 3.63) is 62.8 Å². The van der Waals surface area contributed by atoms with Crippen molar-refractivity contribution in [2.24, 2.45) is 0 Å². The van der Waals surface area contributed by atoms with Crippen molar-refractivity contribution in [3.63, 3.8) is 0 Å². The van der Waals surface area contributed by atoms with Gasteiger partial charge in [-0.05, 0) is 37.3 Å². The number of hydrogen-bond donors (Lipinski definition) is 0. The molecular weight excluding hydrogens is 347 g/mol. The van der Waals surface area contributed by atoms with Crippen LogP contribution in [0.1, 0.15) is 22.8 Å². The number of carbonyl (C=O) groups excluding carboxylic acids is 1. The van der Waals surface area contributed by atoms with E-state index < -0.39 is 11.6 Å². The monoisotopic (exact) mass is 356 g/mol. The molecule has 0 fully saturated rings. The van der Waals surface area contributed by atoms with Crippen molar-refractivity contribution in [1.29, 1.82) is 0 Å². The molecule has 2 aromatic carbocycles. The Hall–Kier alpha value is -1.39. The molecule has 104 valence electrons. The Labute approximate surface area is 129 Å². The minimum atomic E-state index is -0.648. The maximum atomic E-state index is 13.8. The minimum Gasteiger partial charge on any atom is -0.493 e. The summed E-state index contributed by atoms with van der Waals surface area (Å²) < 4.78 is 20.0. The average molecular weight is 358 g/mol. The van der Waals surface area contributed by atoms with Gasteiger partial charge in [0.05, 0.1) is 22.8 Å². The van der Waals surface area contributed by atoms with Crippen molar-refractivity contribution in [3.8, 4) is 5.75 Å². The zero-order valence-corrected chi connectivity index (χ0v) is 13.0. The van der Waals surface area contributed by atoms with Gasteiger partial charge in [-0.25, -0.2) is 4.39 Å². The van der Waals surface area contributed by atoms with Crippen molar-refractivity contribution in [2.75, 3.05) is 6.61 Å². The van der Waals surface area contributed by atoms with Crippen molar-refractivity contribution < 1.29 is 13.9 Å². The average Bonchev–Trinajstić information content (AvgIpc) is 2.40. The molecule has 2 nitrogen and oxygen atoms in total. The smallest absolute Gasteiger partial charge is 0.201 e. The third-order valence-electron chi connectivity index (χ3n) is 2.68. The van der Waals surface area contributed by atoms with Gasteiger partial charge in [-0.2, -0.15) is 0 Å². The van der Waals surface area contributed by atoms with Gasteiger partial charge in [0, 0.05) is 4.47 Å². The SMILES string of the molecule is CCOc1ccc(Br)cc1C(=O)c1c(F)cccc1Cl. The fourth-order valence-corrected chi connectivity index (χ4v) is 2.42. The zero-order chi connectivity index (χ0) is 14.7. The quantitative estimate of drug-likeness (QED) is 0.730. The van der Waals surface area contributed by atoms with Crippen LogP contribution >= 0.6 is 27.5 Å². The summed E-state index contributed by atoms with van der Waals surface area (Å²) in [5.41, 5.74) is 0.126. The molecule has 0 atom stereocenters. The van der Waals surface area contributed by atoms with Gasteiger partial charge in [-0.1, -0.05) is 33.6 Å². The number of ether oxygens (including phenoxy) is 1. The third kappa shape index (κ3) is 3.02. The Morgan fingerprint density at radius 3 is 2.75 bits per heavy atom. The lowest BCUT2D eigenvalue weighted by Crippen LogP contribution is -2.08. The second-order valence-corrected chi connectivity index (χ2v) is 5.32. The van der Waals surface area contributed by atoms with E-state index in [9.17, 15) is 9.18 Å². The molecule has 0 saturated carbocycles. The Bertz CT molecular complexity index is 638. The minimum absolute atomic E-state index is 0.0809. The summed E-state index contributed by atoms with van der Waals surface area (Å²) >= 11 is 9.22. The molecule has 0 aliphatic heterocycles. The molecule has 0 bridgehead atoms. The number of hydrogen-bond acceptors (Lipinski definition) is 2. The third-order valence-corrected chi connectivity index (χ3v) is 3.48. The van der Waals surface area contributed by atoms with E-state index in [0.29, 0.717) is 16.8 Å². The highest BCUT2D eigenvalue weighted by Gasteiger charge is 2.21. The molecule has 20 heavy (non-hydrogen) atoms. The molecule has 0 radical (unpaired) electrons. The molecule has 2 rings (SSSR count). The Morgan fingerprint density at radius 2 is 2.10 bits per heavy atom. The summed E-state index contributed by atoms with van der Waals surface area (Å²) in [4.78, 5) is 12.5. The molecule has 0 saturated heterocycles. The van der Waals surface area contributed by atoms with Crippen LogP contribution in [0.3, 0.4) is 0 Å². The maximum Gasteiger partial charge on any atom is 0.201 e. The van der Waals surface area contributed by atoms with E-state index in [0.717, 1.165) is 0 Å². The summed E-state index contributed by atoms with van der Waals surface area (Å²) in [6.45, 7) is 2.22. The van der Waals surface area contributed by atoms with Gasteiger partial charge in [-0.3, -0.25) is 4.79 Å². The van der Waals surface area contributed by atoms with Crippen LogP contribution in [0.4, 0.5) is 4.39 Å². The van der Waals surface area contributed by atoms with E-state index in [1.54, 1.807) is 18.2 Å². The number of benzene rings is 2. The van der Waals surface area contributed by atoms with Crippen molar-refractivity contribution in [1.82, 2.24) is 0 Å². The summed E-state index contributed by atoms with van der Waals surface area (Å²) in [6.07, 6.45) is 0. The van der Waals surface area contributed by atoms with Crippen LogP contribution < -0.4 is 4.74 Å². The molecule has 0 aliphatic carbocycles. The van der Waals surface area contributed by atoms with Crippen LogP contribution in [0.2, 0.25) is 5.02 Å². The first-order valence-corrected chi connectivity index (χ1v) is 7.12. The molecular formula is C15H11BrClFO2. The molecule has 2 aromatic rings. The Kier molecular flexibility index (Phi) is 4.78. The van der Waals surface area contributed by atoms with E-state index in [1.807, 2.05) is 6.92 Å². The Balaban J connectivity index is 2.56. The summed E-state index contributed by atoms with van der Waals surface area (Å²) in [6, 6.07) is 9.16. The normalized spacial score (nSPS) is 10.4. The van der Waals surface area contributed by atoms with Crippen LogP contribution in [0, 0.1) is 5.82 Å². The molecule has 0 aliphatic rings. The maximum absolute atomic E-state index is 13.8. The van der Waals surface area contributed by atoms with E-state index in [2.05, 4.69) is 15.9 Å². The molecule has 0 heterocycles. The first-order valence-electron chi connectivity index (χ1n) is 5.95. The highest BCUT2D eigenvalue weighted by Crippen LogP contribution is 2.29. The lowest BCUT2D eigenvalue weighted by molar-refractivity contribution is 0.103. The summed E-state index contributed by atoms with van der Waals surface area (Å²) in [5, 5.41) is 0.0809. The largest absolute Gasteiger partial charge is 0.493 e. The molecule has 0 amide bonds. The van der Waals surface area contributed by atoms with Crippen LogP contribution in [-0.4, -0.2) is 12.4 Å². The Morgan fingerprint density at radius 1 is 1.35 bits per heavy atom. The van der Waals surface area contributed by atoms with Gasteiger partial charge in [0.25, 0.3) is 0 Å². The van der Waals surface area contributed by atoms with Crippen LogP contribution in [0.15, 0.2) is 40.9 Å². The second-order valence-electron chi connectivity index (χ2n) is 4.00. The molecule has 0 N–H and O–H groups in total. The van der Waals surface area contributed by atoms with Crippen LogP contribution in [0.25, 0.3) is 0 Å². The first-order chi connectivity index (χ1) is 9.54. The number of ketones is 1. The predicted octanol–water partition coefficient (Wildman–Crippen LogP) is 4.87. The van der Waals surface area contributed by atoms with Crippen LogP contribution in [-0.2, 0) is 0 Å². The summed E-state index contributed by atoms with van der Waals surface area (Å²) in [7, 11) is 0. The molecule has 0 unspecified atom stereocenters. The highest BCUT2D eigenvalue weighted by molar-refractivity contribution is 9.10. The highest BCUT2D eigenvalue weighted by atomic mass is 79.9. The molecule has 0 aromatic heterocycles. The number of carbonyl (C=O) groups is 1. The fraction of sp³-hybridized carbons (Fsp3) is 0.133. The van der Waals surface area contributed by atoms with Gasteiger partial charge >= 0.3 is 0 Å². The van der Waals surface area contributed by atoms with Crippen LogP contribution in [0.5, 0.6) is 5.75 Å². The lowest BCUT2D eigenvalue weighted by atomic mass is 10.0. The van der Waals surface area contributed by atoms with E-state index >= 15 is 0 Å². The standard InChI is InChI=1S/C15H11BrClFO2/c1-2-20-13-7-6-9(16)8-10(13)15(19)14-11(17)4-3-5-12(14)18/h3-8H,2H2,1H3. The number of halogens is 3. The van der Waals surface area contributed by atoms with Crippen molar-refractivity contribution in [2.45, 2.75) is 6.92 Å². The van der Waals surface area contributed by atoms with E-state index in [-0.39, 0.29) is 16.1 Å². The van der Waals surface area contributed by atoms with Crippen molar-refractivity contribution >= 4 is 33.3 Å². The molecule has 5 heteroatoms.